The van der Waals surface area contributed by atoms with Gasteiger partial charge in [-0.2, -0.15) is 0 Å². The van der Waals surface area contributed by atoms with Crippen molar-refractivity contribution in [2.75, 3.05) is 17.7 Å². The van der Waals surface area contributed by atoms with Crippen LogP contribution >= 0.6 is 11.3 Å². The molecule has 0 radical (unpaired) electrons. The molecule has 0 unspecified atom stereocenters. The maximum absolute atomic E-state index is 12.2. The molecule has 146 valence electrons. The normalized spacial score (nSPS) is 10.7. The summed E-state index contributed by atoms with van der Waals surface area (Å²) >= 11 is 1.24. The van der Waals surface area contributed by atoms with Gasteiger partial charge in [0.25, 0.3) is 5.69 Å². The highest BCUT2D eigenvalue weighted by atomic mass is 32.1. The number of ether oxygens (including phenoxy) is 1. The monoisotopic (exact) mass is 410 g/mol. The molecule has 0 spiro atoms. The van der Waals surface area contributed by atoms with Crippen LogP contribution in [0.1, 0.15) is 0 Å². The van der Waals surface area contributed by atoms with E-state index in [1.807, 2.05) is 0 Å². The zero-order chi connectivity index (χ0) is 20.4. The van der Waals surface area contributed by atoms with Crippen molar-refractivity contribution in [1.82, 2.24) is 4.98 Å². The molecule has 29 heavy (non-hydrogen) atoms. The molecular weight excluding hydrogens is 396 g/mol. The van der Waals surface area contributed by atoms with E-state index in [0.29, 0.717) is 39.0 Å². The highest BCUT2D eigenvalue weighted by Crippen LogP contribution is 2.32. The van der Waals surface area contributed by atoms with E-state index >= 15 is 0 Å². The maximum atomic E-state index is 12.2. The summed E-state index contributed by atoms with van der Waals surface area (Å²) in [4.78, 5) is 26.9. The topological polar surface area (TPSA) is 120 Å². The molecule has 2 aromatic carbocycles. The molecule has 0 aliphatic heterocycles. The Kier molecular flexibility index (Phi) is 4.83. The van der Waals surface area contributed by atoms with Crippen LogP contribution in [0.2, 0.25) is 0 Å². The van der Waals surface area contributed by atoms with Crippen LogP contribution in [0.3, 0.4) is 0 Å². The van der Waals surface area contributed by atoms with E-state index < -0.39 is 11.0 Å². The lowest BCUT2D eigenvalue weighted by molar-refractivity contribution is -0.384. The van der Waals surface area contributed by atoms with E-state index in [1.54, 1.807) is 48.9 Å². The van der Waals surface area contributed by atoms with Gasteiger partial charge < -0.3 is 14.5 Å². The van der Waals surface area contributed by atoms with Gasteiger partial charge >= 0.3 is 6.03 Å². The molecule has 0 saturated carbocycles. The van der Waals surface area contributed by atoms with Crippen LogP contribution in [0, 0.1) is 10.1 Å². The van der Waals surface area contributed by atoms with Crippen molar-refractivity contribution in [3.63, 3.8) is 0 Å². The van der Waals surface area contributed by atoms with Crippen LogP contribution in [0.4, 0.5) is 21.3 Å². The third-order valence-corrected chi connectivity index (χ3v) is 4.79. The number of hydrogen-bond acceptors (Lipinski definition) is 7. The Bertz CT molecular complexity index is 1200. The minimum Gasteiger partial charge on any atom is -0.497 e. The Morgan fingerprint density at radius 1 is 1.17 bits per heavy atom. The SMILES string of the molecule is COc1ccc(NC(=O)Nc2nc(-c3cc4cc([N+](=O)[O-])ccc4o3)cs2)cc1. The van der Waals surface area contributed by atoms with Crippen LogP contribution in [0.5, 0.6) is 5.75 Å². The number of thiazole rings is 1. The van der Waals surface area contributed by atoms with Crippen LogP contribution in [0.15, 0.2) is 58.3 Å². The van der Waals surface area contributed by atoms with E-state index in [-0.39, 0.29) is 5.69 Å². The molecule has 2 heterocycles. The largest absolute Gasteiger partial charge is 0.497 e. The minimum atomic E-state index is -0.460. The summed E-state index contributed by atoms with van der Waals surface area (Å²) in [5, 5.41) is 19.0. The molecule has 0 aliphatic rings. The fourth-order valence-corrected chi connectivity index (χ4v) is 3.34. The third-order valence-electron chi connectivity index (χ3n) is 4.04. The number of nitro benzene ring substituents is 1. The number of urea groups is 1. The summed E-state index contributed by atoms with van der Waals surface area (Å²) in [6.07, 6.45) is 0. The van der Waals surface area contributed by atoms with Gasteiger partial charge in [0, 0.05) is 28.6 Å². The summed E-state index contributed by atoms with van der Waals surface area (Å²) in [6, 6.07) is 12.5. The predicted molar refractivity (Wildman–Crippen MR) is 110 cm³/mol. The van der Waals surface area contributed by atoms with Crippen molar-refractivity contribution in [2.45, 2.75) is 0 Å². The average molecular weight is 410 g/mol. The number of nitrogens with one attached hydrogen (secondary N) is 2. The number of benzene rings is 2. The number of amides is 2. The van der Waals surface area contributed by atoms with Crippen LogP contribution in [-0.4, -0.2) is 23.0 Å². The second-order valence-corrected chi connectivity index (χ2v) is 6.79. The maximum Gasteiger partial charge on any atom is 0.325 e. The number of rotatable bonds is 5. The van der Waals surface area contributed by atoms with Gasteiger partial charge in [0.15, 0.2) is 10.9 Å². The molecule has 10 heteroatoms. The van der Waals surface area contributed by atoms with Gasteiger partial charge in [-0.15, -0.1) is 11.3 Å². The highest BCUT2D eigenvalue weighted by Gasteiger charge is 2.14. The van der Waals surface area contributed by atoms with Crippen molar-refractivity contribution >= 4 is 44.8 Å². The Labute approximate surface area is 168 Å². The number of carbonyl (C=O) groups excluding carboxylic acids is 1. The Morgan fingerprint density at radius 2 is 1.97 bits per heavy atom. The molecule has 0 fully saturated rings. The van der Waals surface area contributed by atoms with E-state index in [4.69, 9.17) is 9.15 Å². The lowest BCUT2D eigenvalue weighted by Gasteiger charge is -2.06. The lowest BCUT2D eigenvalue weighted by Crippen LogP contribution is -2.19. The molecular formula is C19H14N4O5S. The number of nitro groups is 1. The highest BCUT2D eigenvalue weighted by molar-refractivity contribution is 7.14. The van der Waals surface area contributed by atoms with E-state index in [0.717, 1.165) is 0 Å². The number of fused-ring (bicyclic) bond motifs is 1. The molecule has 2 N–H and O–H groups in total. The van der Waals surface area contributed by atoms with Gasteiger partial charge in [-0.3, -0.25) is 15.4 Å². The minimum absolute atomic E-state index is 0.0133. The van der Waals surface area contributed by atoms with Crippen molar-refractivity contribution in [1.29, 1.82) is 0 Å². The van der Waals surface area contributed by atoms with E-state index in [9.17, 15) is 14.9 Å². The van der Waals surface area contributed by atoms with Crippen LogP contribution < -0.4 is 15.4 Å². The van der Waals surface area contributed by atoms with Crippen LogP contribution in [-0.2, 0) is 0 Å². The predicted octanol–water partition coefficient (Wildman–Crippen LogP) is 5.12. The second-order valence-electron chi connectivity index (χ2n) is 5.94. The molecule has 0 atom stereocenters. The van der Waals surface area contributed by atoms with Gasteiger partial charge in [-0.05, 0) is 36.4 Å². The number of carbonyl (C=O) groups is 1. The summed E-state index contributed by atoms with van der Waals surface area (Å²) < 4.78 is 10.8. The smallest absolute Gasteiger partial charge is 0.325 e. The van der Waals surface area contributed by atoms with Crippen LogP contribution in [0.25, 0.3) is 22.4 Å². The molecule has 9 nitrogen and oxygen atoms in total. The summed E-state index contributed by atoms with van der Waals surface area (Å²) in [5.74, 6) is 1.15. The number of aromatic nitrogens is 1. The van der Waals surface area contributed by atoms with Gasteiger partial charge in [0.05, 0.1) is 12.0 Å². The molecule has 0 saturated heterocycles. The van der Waals surface area contributed by atoms with Crippen molar-refractivity contribution in [2.24, 2.45) is 0 Å². The zero-order valence-corrected chi connectivity index (χ0v) is 15.9. The standard InChI is InChI=1S/C19H14N4O5S/c1-27-14-5-2-12(3-6-14)20-18(24)22-19-21-15(10-29-19)17-9-11-8-13(23(25)26)4-7-16(11)28-17/h2-10H,1H3,(H2,20,21,22,24). The number of anilines is 2. The molecule has 2 aromatic heterocycles. The molecule has 4 rings (SSSR count). The summed E-state index contributed by atoms with van der Waals surface area (Å²) in [5.41, 5.74) is 1.64. The third kappa shape index (κ3) is 4.01. The number of hydrogen-bond donors (Lipinski definition) is 2. The molecule has 0 bridgehead atoms. The fraction of sp³-hybridized carbons (Fsp3) is 0.0526. The first kappa shape index (κ1) is 18.4. The Morgan fingerprint density at radius 3 is 2.69 bits per heavy atom. The number of furan rings is 1. The Hall–Kier alpha value is -3.92. The van der Waals surface area contributed by atoms with Gasteiger partial charge in [-0.1, -0.05) is 0 Å². The lowest BCUT2D eigenvalue weighted by atomic mass is 10.2. The van der Waals surface area contributed by atoms with Gasteiger partial charge in [-0.25, -0.2) is 9.78 Å². The van der Waals surface area contributed by atoms with E-state index in [1.165, 1.54) is 23.5 Å². The Balaban J connectivity index is 1.46. The summed E-state index contributed by atoms with van der Waals surface area (Å²) in [7, 11) is 1.57. The second kappa shape index (κ2) is 7.60. The number of methoxy groups -OCH3 is 1. The molecule has 2 amide bonds. The average Bonchev–Trinajstić information content (AvgIpc) is 3.34. The van der Waals surface area contributed by atoms with Crippen molar-refractivity contribution in [3.8, 4) is 17.2 Å². The van der Waals surface area contributed by atoms with Crippen molar-refractivity contribution < 1.29 is 18.9 Å². The number of nitrogens with zero attached hydrogens (tertiary/aromatic N) is 2. The van der Waals surface area contributed by atoms with E-state index in [2.05, 4.69) is 15.6 Å². The molecule has 0 aliphatic carbocycles. The van der Waals surface area contributed by atoms with Gasteiger partial charge in [0.2, 0.25) is 0 Å². The molecule has 4 aromatic rings. The summed E-state index contributed by atoms with van der Waals surface area (Å²) in [6.45, 7) is 0. The first-order valence-electron chi connectivity index (χ1n) is 8.38. The zero-order valence-electron chi connectivity index (χ0n) is 15.0. The first-order valence-corrected chi connectivity index (χ1v) is 9.26. The first-order chi connectivity index (χ1) is 14.0. The fourth-order valence-electron chi connectivity index (χ4n) is 2.65. The number of non-ortho nitro benzene ring substituents is 1. The quantitative estimate of drug-likeness (QED) is 0.348. The van der Waals surface area contributed by atoms with Crippen molar-refractivity contribution in [3.05, 3.63) is 64.0 Å². The van der Waals surface area contributed by atoms with Gasteiger partial charge in [0.1, 0.15) is 17.0 Å².